The molecule has 0 saturated heterocycles. The molecule has 214 valence electrons. The molecule has 1 amide bonds. The first-order chi connectivity index (χ1) is 21.2. The number of aromatic nitrogens is 1. The lowest BCUT2D eigenvalue weighted by molar-refractivity contribution is -0.123. The molecule has 0 unspecified atom stereocenters. The average Bonchev–Trinajstić information content (AvgIpc) is 3.49. The predicted molar refractivity (Wildman–Crippen MR) is 173 cm³/mol. The second kappa shape index (κ2) is 12.8. The Morgan fingerprint density at radius 1 is 0.698 bits per heavy atom. The van der Waals surface area contributed by atoms with Gasteiger partial charge in [-0.25, -0.2) is 0 Å². The highest BCUT2D eigenvalue weighted by Crippen LogP contribution is 2.38. The van der Waals surface area contributed by atoms with Gasteiger partial charge in [0.05, 0.1) is 18.7 Å². The molecule has 5 aromatic carbocycles. The van der Waals surface area contributed by atoms with E-state index in [1.54, 1.807) is 7.11 Å². The molecular weight excluding hydrogens is 530 g/mol. The van der Waals surface area contributed by atoms with Crippen LogP contribution < -0.4 is 15.4 Å². The van der Waals surface area contributed by atoms with Crippen LogP contribution in [0.5, 0.6) is 5.75 Å². The third kappa shape index (κ3) is 5.81. The fourth-order valence-corrected chi connectivity index (χ4v) is 5.96. The molecule has 6 rings (SSSR count). The number of fused-ring (bicyclic) bond motifs is 1. The van der Waals surface area contributed by atoms with Crippen LogP contribution >= 0.6 is 0 Å². The lowest BCUT2D eigenvalue weighted by Gasteiger charge is -2.40. The van der Waals surface area contributed by atoms with Gasteiger partial charge in [-0.3, -0.25) is 10.1 Å². The van der Waals surface area contributed by atoms with Gasteiger partial charge in [0.25, 0.3) is 0 Å². The van der Waals surface area contributed by atoms with Crippen molar-refractivity contribution in [2.75, 3.05) is 7.11 Å². The number of amides is 1. The maximum atomic E-state index is 14.3. The molecule has 0 saturated carbocycles. The standard InChI is InChI=1S/C38H35N3O2/c1-43-36-24-14-11-15-28(36)26-40-37(42)35(25-29-27-39-34-23-13-12-22-33(29)34)41-38(30-16-5-2-6-17-30,31-18-7-3-8-19-31)32-20-9-4-10-21-32/h2-24,27,35,39,41H,25-26H2,1H3,(H,40,42)/t35-/m0/s1. The summed E-state index contributed by atoms with van der Waals surface area (Å²) in [6.45, 7) is 0.351. The summed E-state index contributed by atoms with van der Waals surface area (Å²) in [5.74, 6) is 0.652. The number of carbonyl (C=O) groups is 1. The maximum absolute atomic E-state index is 14.3. The summed E-state index contributed by atoms with van der Waals surface area (Å²) in [5, 5.41) is 8.25. The molecule has 0 bridgehead atoms. The molecule has 1 aromatic heterocycles. The molecule has 1 heterocycles. The number of carbonyl (C=O) groups excluding carboxylic acids is 1. The highest BCUT2D eigenvalue weighted by Gasteiger charge is 2.40. The second-order valence-corrected chi connectivity index (χ2v) is 10.6. The van der Waals surface area contributed by atoms with Crippen molar-refractivity contribution in [1.82, 2.24) is 15.6 Å². The molecule has 0 spiro atoms. The molecule has 5 heteroatoms. The molecule has 0 aliphatic carbocycles. The number of rotatable bonds is 11. The van der Waals surface area contributed by atoms with Crippen molar-refractivity contribution in [3.8, 4) is 5.75 Å². The van der Waals surface area contributed by atoms with Gasteiger partial charge in [0.15, 0.2) is 0 Å². The van der Waals surface area contributed by atoms with Crippen molar-refractivity contribution in [1.29, 1.82) is 0 Å². The Bertz CT molecular complexity index is 1690. The first-order valence-electron chi connectivity index (χ1n) is 14.6. The van der Waals surface area contributed by atoms with Crippen molar-refractivity contribution in [3.63, 3.8) is 0 Å². The van der Waals surface area contributed by atoms with Gasteiger partial charge >= 0.3 is 0 Å². The minimum atomic E-state index is -0.803. The summed E-state index contributed by atoms with van der Waals surface area (Å²) in [6.07, 6.45) is 2.50. The number of para-hydroxylation sites is 2. The molecule has 6 aromatic rings. The predicted octanol–water partition coefficient (Wildman–Crippen LogP) is 6.99. The zero-order valence-electron chi connectivity index (χ0n) is 24.2. The summed E-state index contributed by atoms with van der Waals surface area (Å²) in [5.41, 5.74) is 5.39. The summed E-state index contributed by atoms with van der Waals surface area (Å²) < 4.78 is 5.55. The van der Waals surface area contributed by atoms with E-state index in [1.807, 2.05) is 97.2 Å². The van der Waals surface area contributed by atoms with Crippen LogP contribution in [0.25, 0.3) is 10.9 Å². The largest absolute Gasteiger partial charge is 0.496 e. The number of benzene rings is 5. The number of methoxy groups -OCH3 is 1. The van der Waals surface area contributed by atoms with Gasteiger partial charge in [0.1, 0.15) is 5.75 Å². The first-order valence-corrected chi connectivity index (χ1v) is 14.6. The van der Waals surface area contributed by atoms with Gasteiger partial charge < -0.3 is 15.0 Å². The van der Waals surface area contributed by atoms with E-state index in [1.165, 1.54) is 0 Å². The van der Waals surface area contributed by atoms with E-state index < -0.39 is 11.6 Å². The summed E-state index contributed by atoms with van der Waals surface area (Å²) >= 11 is 0. The average molecular weight is 566 g/mol. The van der Waals surface area contributed by atoms with Crippen molar-refractivity contribution < 1.29 is 9.53 Å². The van der Waals surface area contributed by atoms with Crippen LogP contribution in [0.15, 0.2) is 146 Å². The molecule has 5 nitrogen and oxygen atoms in total. The fraction of sp³-hybridized carbons (Fsp3) is 0.132. The molecular formula is C38H35N3O2. The number of H-pyrrole nitrogens is 1. The topological polar surface area (TPSA) is 66.1 Å². The van der Waals surface area contributed by atoms with E-state index >= 15 is 0 Å². The van der Waals surface area contributed by atoms with Crippen molar-refractivity contribution >= 4 is 16.8 Å². The molecule has 0 radical (unpaired) electrons. The van der Waals surface area contributed by atoms with E-state index in [2.05, 4.69) is 64.1 Å². The number of ether oxygens (including phenoxy) is 1. The van der Waals surface area contributed by atoms with Crippen LogP contribution in [0.3, 0.4) is 0 Å². The Morgan fingerprint density at radius 3 is 1.84 bits per heavy atom. The Morgan fingerprint density at radius 2 is 1.23 bits per heavy atom. The maximum Gasteiger partial charge on any atom is 0.237 e. The minimum absolute atomic E-state index is 0.0941. The normalized spacial score (nSPS) is 12.1. The Balaban J connectivity index is 1.46. The van der Waals surface area contributed by atoms with E-state index in [-0.39, 0.29) is 5.91 Å². The van der Waals surface area contributed by atoms with Gasteiger partial charge in [0, 0.05) is 29.2 Å². The molecule has 43 heavy (non-hydrogen) atoms. The Labute approximate surface area is 252 Å². The van der Waals surface area contributed by atoms with E-state index in [9.17, 15) is 4.79 Å². The molecule has 3 N–H and O–H groups in total. The third-order valence-electron chi connectivity index (χ3n) is 8.07. The van der Waals surface area contributed by atoms with Gasteiger partial charge in [-0.1, -0.05) is 127 Å². The highest BCUT2D eigenvalue weighted by molar-refractivity contribution is 5.86. The lowest BCUT2D eigenvalue weighted by atomic mass is 9.76. The Kier molecular flexibility index (Phi) is 8.34. The van der Waals surface area contributed by atoms with Crippen LogP contribution in [0.4, 0.5) is 0 Å². The lowest BCUT2D eigenvalue weighted by Crippen LogP contribution is -2.55. The van der Waals surface area contributed by atoms with Crippen LogP contribution in [0, 0.1) is 0 Å². The van der Waals surface area contributed by atoms with Crippen LogP contribution in [-0.4, -0.2) is 24.0 Å². The smallest absolute Gasteiger partial charge is 0.237 e. The SMILES string of the molecule is COc1ccccc1CNC(=O)[C@H](Cc1c[nH]c2ccccc12)NC(c1ccccc1)(c1ccccc1)c1ccccc1. The summed E-state index contributed by atoms with van der Waals surface area (Å²) in [4.78, 5) is 17.7. The van der Waals surface area contributed by atoms with Gasteiger partial charge in [-0.05, 0) is 40.8 Å². The molecule has 1 atom stereocenters. The third-order valence-corrected chi connectivity index (χ3v) is 8.07. The van der Waals surface area contributed by atoms with Gasteiger partial charge in [-0.2, -0.15) is 0 Å². The molecule has 0 fully saturated rings. The number of aromatic amines is 1. The van der Waals surface area contributed by atoms with Crippen LogP contribution in [0.1, 0.15) is 27.8 Å². The first kappa shape index (κ1) is 28.0. The second-order valence-electron chi connectivity index (χ2n) is 10.6. The van der Waals surface area contributed by atoms with Crippen molar-refractivity contribution in [3.05, 3.63) is 174 Å². The minimum Gasteiger partial charge on any atom is -0.496 e. The number of hydrogen-bond acceptors (Lipinski definition) is 3. The fourth-order valence-electron chi connectivity index (χ4n) is 5.96. The van der Waals surface area contributed by atoms with Crippen LogP contribution in [0.2, 0.25) is 0 Å². The zero-order chi connectivity index (χ0) is 29.5. The number of hydrogen-bond donors (Lipinski definition) is 3. The molecule has 0 aliphatic heterocycles. The molecule has 0 aliphatic rings. The van der Waals surface area contributed by atoms with E-state index in [0.717, 1.165) is 44.5 Å². The van der Waals surface area contributed by atoms with Crippen molar-refractivity contribution in [2.24, 2.45) is 0 Å². The summed E-state index contributed by atoms with van der Waals surface area (Å²) in [6, 6.07) is 46.5. The van der Waals surface area contributed by atoms with E-state index in [0.29, 0.717) is 13.0 Å². The monoisotopic (exact) mass is 565 g/mol. The quantitative estimate of drug-likeness (QED) is 0.148. The van der Waals surface area contributed by atoms with E-state index in [4.69, 9.17) is 4.74 Å². The highest BCUT2D eigenvalue weighted by atomic mass is 16.5. The van der Waals surface area contributed by atoms with Gasteiger partial charge in [0.2, 0.25) is 5.91 Å². The van der Waals surface area contributed by atoms with Crippen LogP contribution in [-0.2, 0) is 23.3 Å². The van der Waals surface area contributed by atoms with Crippen molar-refractivity contribution in [2.45, 2.75) is 24.5 Å². The van der Waals surface area contributed by atoms with Gasteiger partial charge in [-0.15, -0.1) is 0 Å². The Hall–Kier alpha value is -5.13. The zero-order valence-corrected chi connectivity index (χ0v) is 24.2. The number of nitrogens with one attached hydrogen (secondary N) is 3. The summed E-state index contributed by atoms with van der Waals surface area (Å²) in [7, 11) is 1.65.